The van der Waals surface area contributed by atoms with E-state index in [4.69, 9.17) is 21.4 Å². The minimum Gasteiger partial charge on any atom is -0.394 e. The summed E-state index contributed by atoms with van der Waals surface area (Å²) in [5.41, 5.74) is 0.797. The molecule has 0 fully saturated rings. The zero-order valence-corrected chi connectivity index (χ0v) is 13.6. The highest BCUT2D eigenvalue weighted by molar-refractivity contribution is 7.10. The third-order valence-corrected chi connectivity index (χ3v) is 4.40. The Morgan fingerprint density at radius 1 is 1.32 bits per heavy atom. The van der Waals surface area contributed by atoms with Crippen LogP contribution >= 0.6 is 22.9 Å². The molecule has 1 heterocycles. The number of hydrogen-bond donors (Lipinski definition) is 2. The van der Waals surface area contributed by atoms with Gasteiger partial charge in [-0.25, -0.2) is 0 Å². The fraction of sp³-hybridized carbons (Fsp3) is 0.312. The van der Waals surface area contributed by atoms with E-state index in [1.807, 2.05) is 35.7 Å². The van der Waals surface area contributed by atoms with Gasteiger partial charge in [0.05, 0.1) is 19.6 Å². The van der Waals surface area contributed by atoms with Gasteiger partial charge in [-0.3, -0.25) is 4.79 Å². The van der Waals surface area contributed by atoms with Crippen LogP contribution in [0.5, 0.6) is 0 Å². The zero-order chi connectivity index (χ0) is 15.8. The van der Waals surface area contributed by atoms with Crippen molar-refractivity contribution in [1.82, 2.24) is 5.32 Å². The summed E-state index contributed by atoms with van der Waals surface area (Å²) in [6.45, 7) is 0.558. The molecule has 118 valence electrons. The lowest BCUT2D eigenvalue weighted by molar-refractivity contribution is -0.121. The van der Waals surface area contributed by atoms with Crippen molar-refractivity contribution in [3.8, 4) is 0 Å². The van der Waals surface area contributed by atoms with Gasteiger partial charge in [-0.15, -0.1) is 11.3 Å². The normalized spacial score (nSPS) is 12.1. The van der Waals surface area contributed by atoms with Gasteiger partial charge in [-0.05, 0) is 23.1 Å². The molecule has 0 radical (unpaired) electrons. The maximum absolute atomic E-state index is 12.0. The maximum Gasteiger partial charge on any atom is 0.224 e. The van der Waals surface area contributed by atoms with E-state index in [9.17, 15) is 4.79 Å². The fourth-order valence-corrected chi connectivity index (χ4v) is 2.97. The van der Waals surface area contributed by atoms with Crippen LogP contribution in [0.25, 0.3) is 0 Å². The number of aliphatic hydroxyl groups excluding tert-OH is 1. The van der Waals surface area contributed by atoms with Crippen LogP contribution in [0, 0.1) is 0 Å². The van der Waals surface area contributed by atoms with Gasteiger partial charge in [0.15, 0.2) is 0 Å². The highest BCUT2D eigenvalue weighted by atomic mass is 35.5. The predicted octanol–water partition coefficient (Wildman–Crippen LogP) is 2.81. The van der Waals surface area contributed by atoms with Gasteiger partial charge in [-0.1, -0.05) is 35.9 Å². The number of hydrogen-bond acceptors (Lipinski definition) is 4. The van der Waals surface area contributed by atoms with Crippen molar-refractivity contribution in [2.45, 2.75) is 12.5 Å². The first-order chi connectivity index (χ1) is 10.7. The third kappa shape index (κ3) is 5.10. The summed E-state index contributed by atoms with van der Waals surface area (Å²) in [5, 5.41) is 14.3. The zero-order valence-electron chi connectivity index (χ0n) is 12.0. The number of thiophene rings is 1. The van der Waals surface area contributed by atoms with Crippen LogP contribution in [0.2, 0.25) is 5.02 Å². The van der Waals surface area contributed by atoms with Gasteiger partial charge in [0.25, 0.3) is 0 Å². The molecule has 4 nitrogen and oxygen atoms in total. The Morgan fingerprint density at radius 3 is 2.82 bits per heavy atom. The molecule has 1 aromatic carbocycles. The van der Waals surface area contributed by atoms with Crippen LogP contribution in [-0.2, 0) is 16.0 Å². The Kier molecular flexibility index (Phi) is 6.86. The number of carbonyl (C=O) groups excluding carboxylic acids is 1. The molecule has 0 bridgehead atoms. The molecule has 0 aliphatic carbocycles. The number of benzene rings is 1. The summed E-state index contributed by atoms with van der Waals surface area (Å²) in [6, 6.07) is 11.2. The number of rotatable bonds is 8. The summed E-state index contributed by atoms with van der Waals surface area (Å²) in [5.74, 6) is -0.109. The maximum atomic E-state index is 12.0. The van der Waals surface area contributed by atoms with Crippen LogP contribution in [0.1, 0.15) is 16.5 Å². The molecule has 0 unspecified atom stereocenters. The van der Waals surface area contributed by atoms with Crippen LogP contribution < -0.4 is 5.32 Å². The molecule has 2 N–H and O–H groups in total. The van der Waals surface area contributed by atoms with Crippen molar-refractivity contribution >= 4 is 28.8 Å². The van der Waals surface area contributed by atoms with Gasteiger partial charge in [0.1, 0.15) is 6.10 Å². The minimum atomic E-state index is -0.248. The van der Waals surface area contributed by atoms with E-state index in [0.29, 0.717) is 11.6 Å². The van der Waals surface area contributed by atoms with Crippen LogP contribution in [0.4, 0.5) is 0 Å². The molecule has 6 heteroatoms. The predicted molar refractivity (Wildman–Crippen MR) is 88.3 cm³/mol. The molecule has 0 spiro atoms. The molecule has 22 heavy (non-hydrogen) atoms. The lowest BCUT2D eigenvalue weighted by atomic mass is 10.1. The van der Waals surface area contributed by atoms with E-state index in [1.54, 1.807) is 17.4 Å². The van der Waals surface area contributed by atoms with E-state index in [1.165, 1.54) is 0 Å². The number of aliphatic hydroxyl groups is 1. The summed E-state index contributed by atoms with van der Waals surface area (Å²) in [6.07, 6.45) is -0.0149. The molecular formula is C16H18ClNO3S. The lowest BCUT2D eigenvalue weighted by Gasteiger charge is -2.17. The summed E-state index contributed by atoms with van der Waals surface area (Å²) < 4.78 is 5.58. The number of amides is 1. The van der Waals surface area contributed by atoms with E-state index < -0.39 is 0 Å². The molecule has 2 aromatic rings. The Labute approximate surface area is 138 Å². The van der Waals surface area contributed by atoms with Crippen LogP contribution in [-0.4, -0.2) is 30.8 Å². The SMILES string of the molecule is O=C(Cc1ccccc1Cl)NC[C@@H](OCCO)c1cccs1. The molecule has 0 aliphatic heterocycles. The Balaban J connectivity index is 1.89. The molecule has 1 amide bonds. The first-order valence-electron chi connectivity index (χ1n) is 6.96. The summed E-state index contributed by atoms with van der Waals surface area (Å²) >= 11 is 7.61. The van der Waals surface area contributed by atoms with E-state index in [0.717, 1.165) is 10.4 Å². The van der Waals surface area contributed by atoms with Crippen LogP contribution in [0.15, 0.2) is 41.8 Å². The smallest absolute Gasteiger partial charge is 0.224 e. The lowest BCUT2D eigenvalue weighted by Crippen LogP contribution is -2.30. The monoisotopic (exact) mass is 339 g/mol. The molecule has 1 atom stereocenters. The summed E-state index contributed by atoms with van der Waals surface area (Å²) in [7, 11) is 0. The Morgan fingerprint density at radius 2 is 2.14 bits per heavy atom. The topological polar surface area (TPSA) is 58.6 Å². The van der Waals surface area contributed by atoms with Crippen molar-refractivity contribution in [1.29, 1.82) is 0 Å². The Bertz CT molecular complexity index is 589. The van der Waals surface area contributed by atoms with E-state index in [-0.39, 0.29) is 31.6 Å². The van der Waals surface area contributed by atoms with Crippen molar-refractivity contribution in [2.24, 2.45) is 0 Å². The summed E-state index contributed by atoms with van der Waals surface area (Å²) in [4.78, 5) is 13.1. The van der Waals surface area contributed by atoms with Gasteiger partial charge in [0.2, 0.25) is 5.91 Å². The fourth-order valence-electron chi connectivity index (χ4n) is 1.99. The quantitative estimate of drug-likeness (QED) is 0.777. The third-order valence-electron chi connectivity index (χ3n) is 3.06. The molecule has 0 aliphatic rings. The van der Waals surface area contributed by atoms with E-state index in [2.05, 4.69) is 5.32 Å². The van der Waals surface area contributed by atoms with Gasteiger partial charge < -0.3 is 15.2 Å². The molecule has 0 saturated heterocycles. The second-order valence-corrected chi connectivity index (χ2v) is 6.06. The first-order valence-corrected chi connectivity index (χ1v) is 8.22. The van der Waals surface area contributed by atoms with Crippen LogP contribution in [0.3, 0.4) is 0 Å². The average Bonchev–Trinajstić information content (AvgIpc) is 3.04. The number of halogens is 1. The number of ether oxygens (including phenoxy) is 1. The minimum absolute atomic E-state index is 0.0462. The van der Waals surface area contributed by atoms with Gasteiger partial charge >= 0.3 is 0 Å². The van der Waals surface area contributed by atoms with Crippen molar-refractivity contribution in [2.75, 3.05) is 19.8 Å². The molecule has 0 saturated carbocycles. The largest absolute Gasteiger partial charge is 0.394 e. The standard InChI is InChI=1S/C16H18ClNO3S/c17-13-5-2-1-4-12(13)10-16(20)18-11-14(21-8-7-19)15-6-3-9-22-15/h1-6,9,14,19H,7-8,10-11H2,(H,18,20)/t14-/m1/s1. The van der Waals surface area contributed by atoms with Gasteiger partial charge in [0, 0.05) is 16.4 Å². The molecular weight excluding hydrogens is 322 g/mol. The number of carbonyl (C=O) groups is 1. The Hall–Kier alpha value is -1.40. The van der Waals surface area contributed by atoms with Crippen molar-refractivity contribution < 1.29 is 14.6 Å². The highest BCUT2D eigenvalue weighted by Gasteiger charge is 2.15. The molecule has 1 aromatic heterocycles. The van der Waals surface area contributed by atoms with Crippen molar-refractivity contribution in [3.05, 3.63) is 57.2 Å². The van der Waals surface area contributed by atoms with E-state index >= 15 is 0 Å². The highest BCUT2D eigenvalue weighted by Crippen LogP contribution is 2.22. The van der Waals surface area contributed by atoms with Crippen molar-refractivity contribution in [3.63, 3.8) is 0 Å². The van der Waals surface area contributed by atoms with Gasteiger partial charge in [-0.2, -0.15) is 0 Å². The molecule has 2 rings (SSSR count). The average molecular weight is 340 g/mol. The number of nitrogens with one attached hydrogen (secondary N) is 1. The second kappa shape index (κ2) is 8.90. The second-order valence-electron chi connectivity index (χ2n) is 4.67. The first kappa shape index (κ1) is 17.0.